The Kier molecular flexibility index (Phi) is 7.00. The van der Waals surface area contributed by atoms with Crippen molar-refractivity contribution in [3.05, 3.63) is 150 Å². The maximum absolute atomic E-state index is 4.99. The van der Waals surface area contributed by atoms with Crippen molar-refractivity contribution in [1.29, 1.82) is 0 Å². The van der Waals surface area contributed by atoms with Gasteiger partial charge in [-0.2, -0.15) is 0 Å². The zero-order valence-electron chi connectivity index (χ0n) is 26.0. The third-order valence-electron chi connectivity index (χ3n) is 8.54. The minimum atomic E-state index is 0.657. The van der Waals surface area contributed by atoms with Crippen LogP contribution in [0, 0.1) is 20.8 Å². The largest absolute Gasteiger partial charge is 0.208 e. The van der Waals surface area contributed by atoms with E-state index >= 15 is 0 Å². The highest BCUT2D eigenvalue weighted by molar-refractivity contribution is 7.26. The molecule has 0 unspecified atom stereocenters. The summed E-state index contributed by atoms with van der Waals surface area (Å²) in [4.78, 5) is 14.9. The number of benzene rings is 6. The molecule has 2 heterocycles. The minimum Gasteiger partial charge on any atom is -0.208 e. The SMILES string of the molecule is Cc1ccc(-c2nc(-c3ccc(C)cc3)nc(-c3cccc(-c4cccc(-c5cccc6c5sc5cc(C)ccc56)c4)c3)n2)cc1. The van der Waals surface area contributed by atoms with Gasteiger partial charge in [-0.25, -0.2) is 15.0 Å². The van der Waals surface area contributed by atoms with Gasteiger partial charge < -0.3 is 0 Å². The average Bonchev–Trinajstić information content (AvgIpc) is 3.46. The van der Waals surface area contributed by atoms with Crippen LogP contribution in [0.1, 0.15) is 16.7 Å². The molecule has 0 radical (unpaired) electrons. The maximum Gasteiger partial charge on any atom is 0.164 e. The standard InChI is InChI=1S/C42H31N3S/c1-26-13-18-29(19-14-26)40-43-41(30-20-15-27(2)16-21-30)45-42(44-40)34-10-5-8-32(25-34)31-7-4-9-33(24-31)35-11-6-12-37-36-22-17-28(3)23-38(36)46-39(35)37/h4-25H,1-3H3. The van der Waals surface area contributed by atoms with Gasteiger partial charge in [-0.1, -0.05) is 126 Å². The fourth-order valence-electron chi connectivity index (χ4n) is 6.01. The first kappa shape index (κ1) is 28.1. The highest BCUT2D eigenvalue weighted by Gasteiger charge is 2.14. The Balaban J connectivity index is 1.22. The number of thiophene rings is 1. The normalized spacial score (nSPS) is 11.4. The average molecular weight is 610 g/mol. The van der Waals surface area contributed by atoms with Gasteiger partial charge in [0.15, 0.2) is 17.5 Å². The van der Waals surface area contributed by atoms with E-state index in [0.29, 0.717) is 17.5 Å². The Morgan fingerprint density at radius 2 is 0.891 bits per heavy atom. The first-order chi connectivity index (χ1) is 22.5. The molecule has 3 nitrogen and oxygen atoms in total. The predicted octanol–water partition coefficient (Wildman–Crippen LogP) is 11.5. The van der Waals surface area contributed by atoms with E-state index in [1.807, 2.05) is 11.3 Å². The van der Waals surface area contributed by atoms with Crippen LogP contribution in [-0.4, -0.2) is 15.0 Å². The summed E-state index contributed by atoms with van der Waals surface area (Å²) in [5.41, 5.74) is 11.3. The van der Waals surface area contributed by atoms with E-state index in [1.165, 1.54) is 48.0 Å². The summed E-state index contributed by atoms with van der Waals surface area (Å²) in [6, 6.07) is 47.5. The molecule has 0 atom stereocenters. The number of aromatic nitrogens is 3. The lowest BCUT2D eigenvalue weighted by Gasteiger charge is -2.11. The monoisotopic (exact) mass is 609 g/mol. The molecule has 220 valence electrons. The van der Waals surface area contributed by atoms with Crippen LogP contribution in [0.25, 0.3) is 76.6 Å². The topological polar surface area (TPSA) is 38.7 Å². The van der Waals surface area contributed by atoms with Crippen LogP contribution in [0.5, 0.6) is 0 Å². The van der Waals surface area contributed by atoms with Gasteiger partial charge in [0, 0.05) is 36.9 Å². The van der Waals surface area contributed by atoms with Gasteiger partial charge in [-0.15, -0.1) is 11.3 Å². The second kappa shape index (κ2) is 11.5. The first-order valence-corrected chi connectivity index (χ1v) is 16.3. The highest BCUT2D eigenvalue weighted by Crippen LogP contribution is 2.41. The number of aryl methyl sites for hydroxylation is 3. The molecule has 2 aromatic heterocycles. The molecule has 8 aromatic rings. The molecular weight excluding hydrogens is 579 g/mol. The van der Waals surface area contributed by atoms with E-state index in [1.54, 1.807) is 0 Å². The molecule has 6 aromatic carbocycles. The molecule has 0 bridgehead atoms. The van der Waals surface area contributed by atoms with Gasteiger partial charge >= 0.3 is 0 Å². The first-order valence-electron chi connectivity index (χ1n) is 15.5. The molecule has 0 saturated heterocycles. The van der Waals surface area contributed by atoms with Crippen molar-refractivity contribution in [2.24, 2.45) is 0 Å². The zero-order chi connectivity index (χ0) is 31.2. The van der Waals surface area contributed by atoms with Crippen LogP contribution in [0.2, 0.25) is 0 Å². The van der Waals surface area contributed by atoms with Crippen molar-refractivity contribution in [3.8, 4) is 56.4 Å². The molecule has 0 N–H and O–H groups in total. The van der Waals surface area contributed by atoms with Gasteiger partial charge in [0.05, 0.1) is 0 Å². The van der Waals surface area contributed by atoms with E-state index in [2.05, 4.69) is 154 Å². The van der Waals surface area contributed by atoms with E-state index in [-0.39, 0.29) is 0 Å². The summed E-state index contributed by atoms with van der Waals surface area (Å²) in [6.45, 7) is 6.33. The molecule has 0 aliphatic rings. The molecule has 4 heteroatoms. The van der Waals surface area contributed by atoms with E-state index < -0.39 is 0 Å². The van der Waals surface area contributed by atoms with E-state index in [0.717, 1.165) is 27.8 Å². The number of rotatable bonds is 5. The van der Waals surface area contributed by atoms with Gasteiger partial charge in [-0.3, -0.25) is 0 Å². The molecular formula is C42H31N3S. The molecule has 46 heavy (non-hydrogen) atoms. The lowest BCUT2D eigenvalue weighted by atomic mass is 9.97. The van der Waals surface area contributed by atoms with Crippen LogP contribution in [0.3, 0.4) is 0 Å². The van der Waals surface area contributed by atoms with Crippen LogP contribution >= 0.6 is 11.3 Å². The molecule has 8 rings (SSSR count). The smallest absolute Gasteiger partial charge is 0.164 e. The molecule has 0 spiro atoms. The summed E-state index contributed by atoms with van der Waals surface area (Å²) >= 11 is 1.88. The summed E-state index contributed by atoms with van der Waals surface area (Å²) in [7, 11) is 0. The molecule has 0 aliphatic carbocycles. The quantitative estimate of drug-likeness (QED) is 0.195. The summed E-state index contributed by atoms with van der Waals surface area (Å²) in [5.74, 6) is 1.99. The summed E-state index contributed by atoms with van der Waals surface area (Å²) < 4.78 is 2.66. The van der Waals surface area contributed by atoms with Gasteiger partial charge in [0.1, 0.15) is 0 Å². The number of hydrogen-bond donors (Lipinski definition) is 0. The fourth-order valence-corrected chi connectivity index (χ4v) is 7.34. The van der Waals surface area contributed by atoms with Crippen LogP contribution in [0.15, 0.2) is 133 Å². The van der Waals surface area contributed by atoms with Gasteiger partial charge in [-0.05, 0) is 66.8 Å². The van der Waals surface area contributed by atoms with E-state index in [4.69, 9.17) is 15.0 Å². The lowest BCUT2D eigenvalue weighted by molar-refractivity contribution is 1.07. The fraction of sp³-hybridized carbons (Fsp3) is 0.0714. The second-order valence-corrected chi connectivity index (χ2v) is 13.0. The van der Waals surface area contributed by atoms with E-state index in [9.17, 15) is 0 Å². The third-order valence-corrected chi connectivity index (χ3v) is 9.74. The number of fused-ring (bicyclic) bond motifs is 3. The summed E-state index contributed by atoms with van der Waals surface area (Å²) in [6.07, 6.45) is 0. The third kappa shape index (κ3) is 5.27. The molecule has 0 saturated carbocycles. The Morgan fingerprint density at radius 1 is 0.391 bits per heavy atom. The van der Waals surface area contributed by atoms with Crippen LogP contribution in [-0.2, 0) is 0 Å². The van der Waals surface area contributed by atoms with Gasteiger partial charge in [0.25, 0.3) is 0 Å². The Hall–Kier alpha value is -5.45. The van der Waals surface area contributed by atoms with Crippen molar-refractivity contribution in [3.63, 3.8) is 0 Å². The Labute approximate surface area is 272 Å². The Morgan fingerprint density at radius 3 is 1.52 bits per heavy atom. The number of nitrogens with zero attached hydrogens (tertiary/aromatic N) is 3. The highest BCUT2D eigenvalue weighted by atomic mass is 32.1. The van der Waals surface area contributed by atoms with Crippen molar-refractivity contribution in [2.45, 2.75) is 20.8 Å². The predicted molar refractivity (Wildman–Crippen MR) is 194 cm³/mol. The zero-order valence-corrected chi connectivity index (χ0v) is 26.8. The second-order valence-electron chi connectivity index (χ2n) is 12.0. The molecule has 0 amide bonds. The maximum atomic E-state index is 4.99. The lowest BCUT2D eigenvalue weighted by Crippen LogP contribution is -2.00. The molecule has 0 fully saturated rings. The van der Waals surface area contributed by atoms with Crippen LogP contribution in [0.4, 0.5) is 0 Å². The molecule has 0 aliphatic heterocycles. The minimum absolute atomic E-state index is 0.657. The van der Waals surface area contributed by atoms with Gasteiger partial charge in [0.2, 0.25) is 0 Å². The number of hydrogen-bond acceptors (Lipinski definition) is 4. The van der Waals surface area contributed by atoms with Crippen LogP contribution < -0.4 is 0 Å². The van der Waals surface area contributed by atoms with Crippen molar-refractivity contribution >= 4 is 31.5 Å². The summed E-state index contributed by atoms with van der Waals surface area (Å²) in [5, 5.41) is 2.64. The van der Waals surface area contributed by atoms with Crippen molar-refractivity contribution in [2.75, 3.05) is 0 Å². The van der Waals surface area contributed by atoms with Crippen molar-refractivity contribution in [1.82, 2.24) is 15.0 Å². The van der Waals surface area contributed by atoms with Crippen molar-refractivity contribution < 1.29 is 0 Å². The Bertz CT molecular complexity index is 2320.